The van der Waals surface area contributed by atoms with E-state index in [9.17, 15) is 9.18 Å². The van der Waals surface area contributed by atoms with Crippen LogP contribution in [0, 0.1) is 5.82 Å². The highest BCUT2D eigenvalue weighted by Gasteiger charge is 2.14. The molecular formula is C18H20FN5OS. The number of aromatic nitrogens is 3. The Hall–Kier alpha value is -2.32. The zero-order valence-corrected chi connectivity index (χ0v) is 15.1. The average Bonchev–Trinajstić information content (AvgIpc) is 3.35. The van der Waals surface area contributed by atoms with E-state index in [4.69, 9.17) is 0 Å². The number of carbonyl (C=O) groups is 1. The topological polar surface area (TPSA) is 63.1 Å². The Morgan fingerprint density at radius 2 is 2.08 bits per heavy atom. The number of amides is 1. The van der Waals surface area contributed by atoms with Gasteiger partial charge in [-0.15, -0.1) is 10.2 Å². The highest BCUT2D eigenvalue weighted by molar-refractivity contribution is 7.15. The second-order valence-corrected chi connectivity index (χ2v) is 7.56. The Morgan fingerprint density at radius 1 is 1.23 bits per heavy atom. The summed E-state index contributed by atoms with van der Waals surface area (Å²) >= 11 is 1.41. The van der Waals surface area contributed by atoms with Crippen LogP contribution in [0.4, 0.5) is 9.52 Å². The van der Waals surface area contributed by atoms with Crippen LogP contribution in [0.2, 0.25) is 0 Å². The van der Waals surface area contributed by atoms with Gasteiger partial charge in [-0.3, -0.25) is 10.1 Å². The Bertz CT molecular complexity index is 915. The summed E-state index contributed by atoms with van der Waals surface area (Å²) in [6, 6.07) is 6.42. The number of anilines is 1. The van der Waals surface area contributed by atoms with Crippen LogP contribution in [0.15, 0.2) is 30.5 Å². The molecule has 0 unspecified atom stereocenters. The predicted molar refractivity (Wildman–Crippen MR) is 99.8 cm³/mol. The van der Waals surface area contributed by atoms with Gasteiger partial charge in [0.2, 0.25) is 11.0 Å². The van der Waals surface area contributed by atoms with E-state index in [-0.39, 0.29) is 18.3 Å². The normalized spacial score (nSPS) is 15.0. The van der Waals surface area contributed by atoms with E-state index in [1.807, 2.05) is 6.07 Å². The molecule has 136 valence electrons. The van der Waals surface area contributed by atoms with Gasteiger partial charge in [0.1, 0.15) is 17.4 Å². The van der Waals surface area contributed by atoms with Crippen molar-refractivity contribution in [3.63, 3.8) is 0 Å². The zero-order chi connectivity index (χ0) is 17.9. The van der Waals surface area contributed by atoms with Gasteiger partial charge in [-0.1, -0.05) is 11.3 Å². The molecule has 1 aliphatic heterocycles. The van der Waals surface area contributed by atoms with Crippen molar-refractivity contribution in [2.75, 3.05) is 25.0 Å². The average molecular weight is 373 g/mol. The molecule has 0 radical (unpaired) electrons. The van der Waals surface area contributed by atoms with Crippen LogP contribution in [0.1, 0.15) is 17.8 Å². The third kappa shape index (κ3) is 3.91. The van der Waals surface area contributed by atoms with E-state index in [0.29, 0.717) is 10.6 Å². The van der Waals surface area contributed by atoms with E-state index in [1.54, 1.807) is 16.8 Å². The first kappa shape index (κ1) is 17.1. The molecule has 26 heavy (non-hydrogen) atoms. The summed E-state index contributed by atoms with van der Waals surface area (Å²) in [7, 11) is 0. The molecule has 4 rings (SSSR count). The van der Waals surface area contributed by atoms with Crippen molar-refractivity contribution in [1.82, 2.24) is 19.7 Å². The Balaban J connectivity index is 1.35. The lowest BCUT2D eigenvalue weighted by atomic mass is 10.2. The first-order chi connectivity index (χ1) is 12.7. The molecule has 3 aromatic rings. The fraction of sp³-hybridized carbons (Fsp3) is 0.389. The maximum absolute atomic E-state index is 13.4. The van der Waals surface area contributed by atoms with E-state index in [0.717, 1.165) is 36.4 Å². The molecule has 3 heterocycles. The number of benzene rings is 1. The number of hydrogen-bond donors (Lipinski definition) is 1. The number of carbonyl (C=O) groups excluding carboxylic acids is 1. The van der Waals surface area contributed by atoms with E-state index in [2.05, 4.69) is 20.4 Å². The molecular weight excluding hydrogens is 353 g/mol. The van der Waals surface area contributed by atoms with Crippen molar-refractivity contribution in [3.05, 3.63) is 41.3 Å². The van der Waals surface area contributed by atoms with Gasteiger partial charge in [0.25, 0.3) is 0 Å². The quantitative estimate of drug-likeness (QED) is 0.722. The maximum Gasteiger partial charge on any atom is 0.246 e. The van der Waals surface area contributed by atoms with Gasteiger partial charge in [-0.2, -0.15) is 0 Å². The number of fused-ring (bicyclic) bond motifs is 1. The van der Waals surface area contributed by atoms with Gasteiger partial charge in [0.15, 0.2) is 0 Å². The van der Waals surface area contributed by atoms with E-state index >= 15 is 0 Å². The van der Waals surface area contributed by atoms with Crippen molar-refractivity contribution in [2.24, 2.45) is 0 Å². The van der Waals surface area contributed by atoms with Crippen molar-refractivity contribution in [2.45, 2.75) is 25.8 Å². The highest BCUT2D eigenvalue weighted by atomic mass is 32.1. The number of nitrogens with zero attached hydrogens (tertiary/aromatic N) is 4. The summed E-state index contributed by atoms with van der Waals surface area (Å²) in [6.07, 6.45) is 5.19. The Kier molecular flexibility index (Phi) is 4.94. The highest BCUT2D eigenvalue weighted by Crippen LogP contribution is 2.19. The minimum absolute atomic E-state index is 0.107. The minimum atomic E-state index is -0.315. The predicted octanol–water partition coefficient (Wildman–Crippen LogP) is 2.91. The number of nitrogens with one attached hydrogen (secondary N) is 1. The standard InChI is InChI=1S/C18H20FN5OS/c19-14-4-3-13-5-10-24(15(13)11-14)12-16(25)20-18-22-21-17(26-18)6-9-23-7-1-2-8-23/h3-5,10-11H,1-2,6-9,12H2,(H,20,22,25). The van der Waals surface area contributed by atoms with Gasteiger partial charge in [0.05, 0.1) is 5.52 Å². The zero-order valence-electron chi connectivity index (χ0n) is 14.3. The van der Waals surface area contributed by atoms with Crippen molar-refractivity contribution < 1.29 is 9.18 Å². The van der Waals surface area contributed by atoms with Crippen molar-refractivity contribution in [1.29, 1.82) is 0 Å². The molecule has 1 saturated heterocycles. The number of halogens is 1. The SMILES string of the molecule is O=C(Cn1ccc2ccc(F)cc21)Nc1nnc(CCN2CCCC2)s1. The monoisotopic (exact) mass is 373 g/mol. The summed E-state index contributed by atoms with van der Waals surface area (Å²) < 4.78 is 15.2. The molecule has 0 bridgehead atoms. The Morgan fingerprint density at radius 3 is 2.92 bits per heavy atom. The maximum atomic E-state index is 13.4. The van der Waals surface area contributed by atoms with Crippen LogP contribution in [0.25, 0.3) is 10.9 Å². The first-order valence-corrected chi connectivity index (χ1v) is 9.58. The third-order valence-corrected chi connectivity index (χ3v) is 5.50. The molecule has 1 amide bonds. The molecule has 0 saturated carbocycles. The summed E-state index contributed by atoms with van der Waals surface area (Å²) in [6.45, 7) is 3.42. The molecule has 0 aliphatic carbocycles. The number of rotatable bonds is 6. The summed E-state index contributed by atoms with van der Waals surface area (Å²) in [5.41, 5.74) is 0.698. The van der Waals surface area contributed by atoms with Gasteiger partial charge in [-0.25, -0.2) is 4.39 Å². The molecule has 8 heteroatoms. The lowest BCUT2D eigenvalue weighted by Gasteiger charge is -2.12. The van der Waals surface area contributed by atoms with Crippen LogP contribution >= 0.6 is 11.3 Å². The fourth-order valence-electron chi connectivity index (χ4n) is 3.27. The first-order valence-electron chi connectivity index (χ1n) is 8.76. The number of likely N-dealkylation sites (tertiary alicyclic amines) is 1. The molecule has 1 N–H and O–H groups in total. The van der Waals surface area contributed by atoms with Gasteiger partial charge in [0, 0.05) is 19.2 Å². The van der Waals surface area contributed by atoms with Gasteiger partial charge >= 0.3 is 0 Å². The molecule has 2 aromatic heterocycles. The van der Waals surface area contributed by atoms with E-state index < -0.39 is 0 Å². The minimum Gasteiger partial charge on any atom is -0.338 e. The molecule has 0 spiro atoms. The second kappa shape index (κ2) is 7.51. The molecule has 1 aromatic carbocycles. The second-order valence-electron chi connectivity index (χ2n) is 6.49. The van der Waals surface area contributed by atoms with Gasteiger partial charge in [-0.05, 0) is 55.6 Å². The molecule has 6 nitrogen and oxygen atoms in total. The van der Waals surface area contributed by atoms with Crippen LogP contribution in [0.5, 0.6) is 0 Å². The summed E-state index contributed by atoms with van der Waals surface area (Å²) in [5, 5.41) is 13.3. The molecule has 1 fully saturated rings. The van der Waals surface area contributed by atoms with Gasteiger partial charge < -0.3 is 9.47 Å². The van der Waals surface area contributed by atoms with Crippen LogP contribution < -0.4 is 5.32 Å². The largest absolute Gasteiger partial charge is 0.338 e. The molecule has 0 atom stereocenters. The lowest BCUT2D eigenvalue weighted by Crippen LogP contribution is -2.21. The third-order valence-electron chi connectivity index (χ3n) is 4.60. The summed E-state index contributed by atoms with van der Waals surface area (Å²) in [4.78, 5) is 14.7. The molecule has 1 aliphatic rings. The van der Waals surface area contributed by atoms with Crippen LogP contribution in [0.3, 0.4) is 0 Å². The van der Waals surface area contributed by atoms with Crippen molar-refractivity contribution in [3.8, 4) is 0 Å². The van der Waals surface area contributed by atoms with E-state index in [1.165, 1.54) is 36.3 Å². The Labute approximate surface area is 154 Å². The van der Waals surface area contributed by atoms with Crippen molar-refractivity contribution >= 4 is 33.3 Å². The summed E-state index contributed by atoms with van der Waals surface area (Å²) in [5.74, 6) is -0.515. The van der Waals surface area contributed by atoms with Crippen LogP contribution in [-0.4, -0.2) is 45.2 Å². The number of hydrogen-bond acceptors (Lipinski definition) is 5. The fourth-order valence-corrected chi connectivity index (χ4v) is 4.02. The lowest BCUT2D eigenvalue weighted by molar-refractivity contribution is -0.116. The van der Waals surface area contributed by atoms with Crippen LogP contribution in [-0.2, 0) is 17.8 Å². The smallest absolute Gasteiger partial charge is 0.246 e.